The number of rotatable bonds is 4. The molecule has 0 aliphatic carbocycles. The van der Waals surface area contributed by atoms with E-state index in [0.717, 1.165) is 23.9 Å². The van der Waals surface area contributed by atoms with Crippen molar-refractivity contribution in [2.24, 2.45) is 0 Å². The predicted octanol–water partition coefficient (Wildman–Crippen LogP) is 1.92. The van der Waals surface area contributed by atoms with E-state index in [0.29, 0.717) is 12.6 Å². The molecule has 3 rings (SSSR count). The lowest BCUT2D eigenvalue weighted by atomic mass is 10.2. The van der Waals surface area contributed by atoms with Crippen molar-refractivity contribution in [3.63, 3.8) is 0 Å². The Labute approximate surface area is 129 Å². The Morgan fingerprint density at radius 3 is 3.14 bits per heavy atom. The normalized spacial score (nSPS) is 22.9. The Hall–Kier alpha value is -1.14. The van der Waals surface area contributed by atoms with E-state index in [2.05, 4.69) is 14.8 Å². The van der Waals surface area contributed by atoms with E-state index < -0.39 is 0 Å². The van der Waals surface area contributed by atoms with Gasteiger partial charge in [-0.2, -0.15) is 0 Å². The number of hydrogen-bond acceptors (Lipinski definition) is 6. The molecule has 1 aromatic heterocycles. The van der Waals surface area contributed by atoms with Crippen molar-refractivity contribution in [2.45, 2.75) is 38.6 Å². The third-order valence-electron chi connectivity index (χ3n) is 4.24. The molecular formula is C15H23N3O2S. The van der Waals surface area contributed by atoms with Crippen LogP contribution in [0.15, 0.2) is 5.38 Å². The molecule has 0 saturated carbocycles. The average Bonchev–Trinajstić information content (AvgIpc) is 3.04. The lowest BCUT2D eigenvalue weighted by Gasteiger charge is -2.25. The topological polar surface area (TPSA) is 45.7 Å². The zero-order valence-corrected chi connectivity index (χ0v) is 13.4. The van der Waals surface area contributed by atoms with E-state index in [1.165, 1.54) is 32.4 Å². The number of carbonyl (C=O) groups excluding carboxylic acids is 1. The SMILES string of the molecule is CCOC(=O)Cc1csc(N2CCCN3CCCC3C2)n1. The fourth-order valence-corrected chi connectivity index (χ4v) is 4.13. The van der Waals surface area contributed by atoms with Crippen molar-refractivity contribution in [1.82, 2.24) is 9.88 Å². The van der Waals surface area contributed by atoms with Crippen LogP contribution in [0.2, 0.25) is 0 Å². The zero-order chi connectivity index (χ0) is 14.7. The average molecular weight is 309 g/mol. The molecule has 1 atom stereocenters. The molecule has 0 aromatic carbocycles. The number of anilines is 1. The first-order chi connectivity index (χ1) is 10.3. The van der Waals surface area contributed by atoms with Crippen molar-refractivity contribution < 1.29 is 9.53 Å². The lowest BCUT2D eigenvalue weighted by molar-refractivity contribution is -0.142. The van der Waals surface area contributed by atoms with Gasteiger partial charge in [0.2, 0.25) is 0 Å². The number of aromatic nitrogens is 1. The van der Waals surface area contributed by atoms with E-state index in [1.807, 2.05) is 12.3 Å². The van der Waals surface area contributed by atoms with Crippen LogP contribution in [0.3, 0.4) is 0 Å². The Bertz CT molecular complexity index is 491. The first-order valence-electron chi connectivity index (χ1n) is 7.85. The number of nitrogens with zero attached hydrogens (tertiary/aromatic N) is 3. The Morgan fingerprint density at radius 1 is 1.43 bits per heavy atom. The van der Waals surface area contributed by atoms with Crippen LogP contribution in [-0.2, 0) is 16.0 Å². The van der Waals surface area contributed by atoms with E-state index >= 15 is 0 Å². The number of esters is 1. The summed E-state index contributed by atoms with van der Waals surface area (Å²) in [6.45, 7) is 6.87. The molecule has 21 heavy (non-hydrogen) atoms. The van der Waals surface area contributed by atoms with Crippen molar-refractivity contribution >= 4 is 22.4 Å². The maximum Gasteiger partial charge on any atom is 0.311 e. The zero-order valence-electron chi connectivity index (χ0n) is 12.6. The van der Waals surface area contributed by atoms with Crippen LogP contribution in [0.4, 0.5) is 5.13 Å². The van der Waals surface area contributed by atoms with Crippen LogP contribution in [0.5, 0.6) is 0 Å². The third kappa shape index (κ3) is 3.55. The number of ether oxygens (including phenoxy) is 1. The first kappa shape index (κ1) is 14.8. The summed E-state index contributed by atoms with van der Waals surface area (Å²) in [6.07, 6.45) is 4.11. The summed E-state index contributed by atoms with van der Waals surface area (Å²) in [4.78, 5) is 21.2. The van der Waals surface area contributed by atoms with Gasteiger partial charge in [-0.1, -0.05) is 0 Å². The van der Waals surface area contributed by atoms with E-state index in [-0.39, 0.29) is 12.4 Å². The summed E-state index contributed by atoms with van der Waals surface area (Å²) < 4.78 is 4.98. The summed E-state index contributed by atoms with van der Waals surface area (Å²) in [5.74, 6) is -0.188. The van der Waals surface area contributed by atoms with Gasteiger partial charge >= 0.3 is 5.97 Å². The molecule has 1 unspecified atom stereocenters. The van der Waals surface area contributed by atoms with Crippen LogP contribution >= 0.6 is 11.3 Å². The van der Waals surface area contributed by atoms with Gasteiger partial charge in [0.05, 0.1) is 18.7 Å². The molecule has 0 N–H and O–H groups in total. The lowest BCUT2D eigenvalue weighted by Crippen LogP contribution is -2.36. The second-order valence-electron chi connectivity index (χ2n) is 5.73. The van der Waals surface area contributed by atoms with Crippen LogP contribution < -0.4 is 4.90 Å². The summed E-state index contributed by atoms with van der Waals surface area (Å²) in [7, 11) is 0. The molecule has 0 amide bonds. The van der Waals surface area contributed by atoms with Gasteiger partial charge in [-0.05, 0) is 32.7 Å². The van der Waals surface area contributed by atoms with Crippen LogP contribution in [0.25, 0.3) is 0 Å². The van der Waals surface area contributed by atoms with Gasteiger partial charge in [0.25, 0.3) is 0 Å². The van der Waals surface area contributed by atoms with Gasteiger partial charge in [-0.15, -0.1) is 11.3 Å². The summed E-state index contributed by atoms with van der Waals surface area (Å²) in [6, 6.07) is 0.685. The number of thiazole rings is 1. The summed E-state index contributed by atoms with van der Waals surface area (Å²) in [5, 5.41) is 3.05. The van der Waals surface area contributed by atoms with Gasteiger partial charge in [-0.3, -0.25) is 9.69 Å². The molecule has 2 fully saturated rings. The molecular weight excluding hydrogens is 286 g/mol. The van der Waals surface area contributed by atoms with Crippen molar-refractivity contribution in [1.29, 1.82) is 0 Å². The van der Waals surface area contributed by atoms with E-state index in [9.17, 15) is 4.79 Å². The van der Waals surface area contributed by atoms with Gasteiger partial charge < -0.3 is 9.64 Å². The molecule has 0 spiro atoms. The maximum atomic E-state index is 11.5. The van der Waals surface area contributed by atoms with E-state index in [4.69, 9.17) is 4.74 Å². The largest absolute Gasteiger partial charge is 0.466 e. The summed E-state index contributed by atoms with van der Waals surface area (Å²) >= 11 is 1.65. The number of carbonyl (C=O) groups is 1. The van der Waals surface area contributed by atoms with Crippen molar-refractivity contribution in [3.05, 3.63) is 11.1 Å². The number of hydrogen-bond donors (Lipinski definition) is 0. The minimum Gasteiger partial charge on any atom is -0.466 e. The standard InChI is InChI=1S/C15H23N3O2S/c1-2-20-14(19)9-12-11-21-15(16-12)18-8-4-7-17-6-3-5-13(17)10-18/h11,13H,2-10H2,1H3. The van der Waals surface area contributed by atoms with Gasteiger partial charge in [0.15, 0.2) is 5.13 Å². The quantitative estimate of drug-likeness (QED) is 0.795. The highest BCUT2D eigenvalue weighted by molar-refractivity contribution is 7.13. The second-order valence-corrected chi connectivity index (χ2v) is 6.57. The molecule has 1 aromatic rings. The minimum atomic E-state index is -0.188. The van der Waals surface area contributed by atoms with Gasteiger partial charge in [0, 0.05) is 31.1 Å². The highest BCUT2D eigenvalue weighted by Gasteiger charge is 2.29. The maximum absolute atomic E-state index is 11.5. The Kier molecular flexibility index (Phi) is 4.75. The highest BCUT2D eigenvalue weighted by Crippen LogP contribution is 2.27. The third-order valence-corrected chi connectivity index (χ3v) is 5.19. The van der Waals surface area contributed by atoms with Crippen LogP contribution in [-0.4, -0.2) is 54.7 Å². The molecule has 0 bridgehead atoms. The smallest absolute Gasteiger partial charge is 0.311 e. The Morgan fingerprint density at radius 2 is 2.29 bits per heavy atom. The second kappa shape index (κ2) is 6.75. The molecule has 2 aliphatic rings. The molecule has 2 aliphatic heterocycles. The molecule has 5 nitrogen and oxygen atoms in total. The van der Waals surface area contributed by atoms with Crippen LogP contribution in [0, 0.1) is 0 Å². The van der Waals surface area contributed by atoms with Gasteiger partial charge in [-0.25, -0.2) is 4.98 Å². The fraction of sp³-hybridized carbons (Fsp3) is 0.733. The first-order valence-corrected chi connectivity index (χ1v) is 8.73. The van der Waals surface area contributed by atoms with Gasteiger partial charge in [0.1, 0.15) is 0 Å². The monoisotopic (exact) mass is 309 g/mol. The molecule has 0 radical (unpaired) electrons. The van der Waals surface area contributed by atoms with Crippen molar-refractivity contribution in [3.8, 4) is 0 Å². The molecule has 116 valence electrons. The minimum absolute atomic E-state index is 0.188. The molecule has 2 saturated heterocycles. The highest BCUT2D eigenvalue weighted by atomic mass is 32.1. The fourth-order valence-electron chi connectivity index (χ4n) is 3.26. The molecule has 6 heteroatoms. The summed E-state index contributed by atoms with van der Waals surface area (Å²) in [5.41, 5.74) is 0.834. The van der Waals surface area contributed by atoms with E-state index in [1.54, 1.807) is 11.3 Å². The molecule has 3 heterocycles. The van der Waals surface area contributed by atoms with Crippen LogP contribution in [0.1, 0.15) is 31.9 Å². The van der Waals surface area contributed by atoms with Crippen molar-refractivity contribution in [2.75, 3.05) is 37.7 Å². The number of fused-ring (bicyclic) bond motifs is 1. The Balaban J connectivity index is 1.63. The predicted molar refractivity (Wildman–Crippen MR) is 83.9 cm³/mol.